The molecule has 0 unspecified atom stereocenters. The zero-order valence-corrected chi connectivity index (χ0v) is 12.9. The van der Waals surface area contributed by atoms with Gasteiger partial charge in [-0.15, -0.1) is 10.2 Å². The van der Waals surface area contributed by atoms with Crippen LogP contribution < -0.4 is 10.6 Å². The Balaban J connectivity index is 1.43. The van der Waals surface area contributed by atoms with Crippen LogP contribution in [0.1, 0.15) is 11.4 Å². The maximum atomic E-state index is 12.4. The minimum atomic E-state index is -0.289. The molecule has 23 heavy (non-hydrogen) atoms. The summed E-state index contributed by atoms with van der Waals surface area (Å²) in [4.78, 5) is 12.4. The molecule has 3 aromatic rings. The van der Waals surface area contributed by atoms with Crippen LogP contribution in [-0.2, 0) is 17.8 Å². The molecule has 3 heterocycles. The SMILES string of the molecule is O=C(NCc1nnc2ccccn12)[C@@H]1Cc2cc(Cl)ccc2N1. The molecule has 1 aliphatic rings. The Bertz CT molecular complexity index is 891. The van der Waals surface area contributed by atoms with E-state index in [9.17, 15) is 4.79 Å². The van der Waals surface area contributed by atoms with Crippen molar-refractivity contribution in [3.05, 3.63) is 59.0 Å². The van der Waals surface area contributed by atoms with E-state index in [2.05, 4.69) is 20.8 Å². The van der Waals surface area contributed by atoms with Gasteiger partial charge in [-0.2, -0.15) is 0 Å². The molecule has 0 saturated carbocycles. The van der Waals surface area contributed by atoms with Crippen LogP contribution >= 0.6 is 11.6 Å². The van der Waals surface area contributed by atoms with Crippen LogP contribution in [0.4, 0.5) is 5.69 Å². The second-order valence-corrected chi connectivity index (χ2v) is 5.90. The van der Waals surface area contributed by atoms with E-state index < -0.39 is 0 Å². The number of halogens is 1. The third-order valence-electron chi connectivity index (χ3n) is 3.94. The van der Waals surface area contributed by atoms with Gasteiger partial charge in [-0.1, -0.05) is 17.7 Å². The molecule has 116 valence electrons. The molecule has 0 bridgehead atoms. The third-order valence-corrected chi connectivity index (χ3v) is 4.18. The summed E-state index contributed by atoms with van der Waals surface area (Å²) in [6, 6.07) is 11.0. The average molecular weight is 328 g/mol. The molecule has 0 spiro atoms. The van der Waals surface area contributed by atoms with Crippen molar-refractivity contribution in [3.8, 4) is 0 Å². The van der Waals surface area contributed by atoms with Gasteiger partial charge in [-0.3, -0.25) is 9.20 Å². The topological polar surface area (TPSA) is 71.3 Å². The lowest BCUT2D eigenvalue weighted by Crippen LogP contribution is -2.38. The summed E-state index contributed by atoms with van der Waals surface area (Å²) in [6.45, 7) is 0.333. The van der Waals surface area contributed by atoms with Crippen molar-refractivity contribution in [2.75, 3.05) is 5.32 Å². The summed E-state index contributed by atoms with van der Waals surface area (Å²) in [6.07, 6.45) is 2.50. The van der Waals surface area contributed by atoms with Gasteiger partial charge in [-0.05, 0) is 35.9 Å². The van der Waals surface area contributed by atoms with E-state index in [1.807, 2.05) is 47.0 Å². The Labute approximate surface area is 137 Å². The Morgan fingerprint density at radius 2 is 2.26 bits per heavy atom. The molecule has 0 radical (unpaired) electrons. The lowest BCUT2D eigenvalue weighted by molar-refractivity contribution is -0.121. The standard InChI is InChI=1S/C16H14ClN5O/c17-11-4-5-12-10(7-11)8-13(19-12)16(23)18-9-15-21-20-14-3-1-2-6-22(14)15/h1-7,13,19H,8-9H2,(H,18,23)/t13-/m0/s1. The molecule has 0 fully saturated rings. The highest BCUT2D eigenvalue weighted by Gasteiger charge is 2.26. The summed E-state index contributed by atoms with van der Waals surface area (Å²) in [7, 11) is 0. The predicted molar refractivity (Wildman–Crippen MR) is 87.4 cm³/mol. The van der Waals surface area contributed by atoms with Gasteiger partial charge in [0.15, 0.2) is 11.5 Å². The van der Waals surface area contributed by atoms with Crippen LogP contribution in [-0.4, -0.2) is 26.5 Å². The van der Waals surface area contributed by atoms with Gasteiger partial charge in [0.1, 0.15) is 6.04 Å². The molecule has 7 heteroatoms. The molecule has 1 aromatic carbocycles. The molecule has 0 saturated heterocycles. The van der Waals surface area contributed by atoms with Crippen molar-refractivity contribution in [1.29, 1.82) is 0 Å². The first-order chi connectivity index (χ1) is 11.2. The van der Waals surface area contributed by atoms with Crippen molar-refractivity contribution in [3.63, 3.8) is 0 Å². The van der Waals surface area contributed by atoms with Gasteiger partial charge in [0, 0.05) is 23.3 Å². The van der Waals surface area contributed by atoms with Crippen LogP contribution in [0.15, 0.2) is 42.6 Å². The van der Waals surface area contributed by atoms with Gasteiger partial charge >= 0.3 is 0 Å². The number of carbonyl (C=O) groups is 1. The van der Waals surface area contributed by atoms with E-state index in [0.29, 0.717) is 23.8 Å². The second-order valence-electron chi connectivity index (χ2n) is 5.47. The van der Waals surface area contributed by atoms with Gasteiger partial charge in [-0.25, -0.2) is 0 Å². The first-order valence-electron chi connectivity index (χ1n) is 7.32. The van der Waals surface area contributed by atoms with E-state index in [1.54, 1.807) is 0 Å². The monoisotopic (exact) mass is 327 g/mol. The largest absolute Gasteiger partial charge is 0.373 e. The molecule has 1 atom stereocenters. The van der Waals surface area contributed by atoms with Crippen molar-refractivity contribution in [2.45, 2.75) is 19.0 Å². The van der Waals surface area contributed by atoms with Crippen LogP contribution in [0.3, 0.4) is 0 Å². The van der Waals surface area contributed by atoms with E-state index in [4.69, 9.17) is 11.6 Å². The van der Waals surface area contributed by atoms with Crippen LogP contribution in [0.25, 0.3) is 5.65 Å². The van der Waals surface area contributed by atoms with E-state index in [0.717, 1.165) is 16.9 Å². The second kappa shape index (κ2) is 5.55. The lowest BCUT2D eigenvalue weighted by Gasteiger charge is -2.11. The van der Waals surface area contributed by atoms with Crippen LogP contribution in [0.2, 0.25) is 5.02 Å². The number of nitrogens with zero attached hydrogens (tertiary/aromatic N) is 3. The molecular weight excluding hydrogens is 314 g/mol. The van der Waals surface area contributed by atoms with E-state index in [-0.39, 0.29) is 11.9 Å². The molecular formula is C16H14ClN5O. The fourth-order valence-electron chi connectivity index (χ4n) is 2.79. The quantitative estimate of drug-likeness (QED) is 0.772. The molecule has 2 aromatic heterocycles. The molecule has 6 nitrogen and oxygen atoms in total. The van der Waals surface area contributed by atoms with Crippen molar-refractivity contribution in [2.24, 2.45) is 0 Å². The van der Waals surface area contributed by atoms with E-state index in [1.165, 1.54) is 0 Å². The number of carbonyl (C=O) groups excluding carboxylic acids is 1. The summed E-state index contributed by atoms with van der Waals surface area (Å²) in [5.74, 6) is 0.637. The Morgan fingerprint density at radius 3 is 3.17 bits per heavy atom. The molecule has 2 N–H and O–H groups in total. The maximum absolute atomic E-state index is 12.4. The van der Waals surface area contributed by atoms with Crippen molar-refractivity contribution < 1.29 is 4.79 Å². The lowest BCUT2D eigenvalue weighted by atomic mass is 10.1. The highest BCUT2D eigenvalue weighted by molar-refractivity contribution is 6.30. The summed E-state index contributed by atoms with van der Waals surface area (Å²) >= 11 is 5.99. The number of anilines is 1. The summed E-state index contributed by atoms with van der Waals surface area (Å²) < 4.78 is 1.86. The van der Waals surface area contributed by atoms with Crippen LogP contribution in [0, 0.1) is 0 Å². The first kappa shape index (κ1) is 14.0. The fourth-order valence-corrected chi connectivity index (χ4v) is 2.98. The number of benzene rings is 1. The molecule has 1 aliphatic heterocycles. The maximum Gasteiger partial charge on any atom is 0.243 e. The third kappa shape index (κ3) is 2.61. The van der Waals surface area contributed by atoms with E-state index >= 15 is 0 Å². The predicted octanol–water partition coefficient (Wildman–Crippen LogP) is 2.04. The van der Waals surface area contributed by atoms with Gasteiger partial charge in [0.25, 0.3) is 0 Å². The number of aromatic nitrogens is 3. The number of hydrogen-bond donors (Lipinski definition) is 2. The Hall–Kier alpha value is -2.60. The Morgan fingerprint density at radius 1 is 1.35 bits per heavy atom. The number of hydrogen-bond acceptors (Lipinski definition) is 4. The molecule has 1 amide bonds. The smallest absolute Gasteiger partial charge is 0.243 e. The molecule has 0 aliphatic carbocycles. The van der Waals surface area contributed by atoms with Gasteiger partial charge < -0.3 is 10.6 Å². The first-order valence-corrected chi connectivity index (χ1v) is 7.70. The average Bonchev–Trinajstić information content (AvgIpc) is 3.16. The normalized spacial score (nSPS) is 16.1. The highest BCUT2D eigenvalue weighted by atomic mass is 35.5. The molecule has 4 rings (SSSR count). The van der Waals surface area contributed by atoms with Gasteiger partial charge in [0.2, 0.25) is 5.91 Å². The minimum absolute atomic E-state index is 0.0648. The van der Waals surface area contributed by atoms with Crippen molar-refractivity contribution in [1.82, 2.24) is 19.9 Å². The number of nitrogens with one attached hydrogen (secondary N) is 2. The number of fused-ring (bicyclic) bond motifs is 2. The fraction of sp³-hybridized carbons (Fsp3) is 0.188. The Kier molecular flexibility index (Phi) is 3.38. The summed E-state index contributed by atoms with van der Waals surface area (Å²) in [5, 5.41) is 15.0. The number of rotatable bonds is 3. The highest BCUT2D eigenvalue weighted by Crippen LogP contribution is 2.28. The van der Waals surface area contributed by atoms with Crippen LogP contribution in [0.5, 0.6) is 0 Å². The number of pyridine rings is 1. The number of amides is 1. The minimum Gasteiger partial charge on any atom is -0.373 e. The van der Waals surface area contributed by atoms with Crippen molar-refractivity contribution >= 4 is 28.8 Å². The zero-order chi connectivity index (χ0) is 15.8. The van der Waals surface area contributed by atoms with Gasteiger partial charge in [0.05, 0.1) is 6.54 Å². The summed E-state index contributed by atoms with van der Waals surface area (Å²) in [5.41, 5.74) is 2.78. The zero-order valence-electron chi connectivity index (χ0n) is 12.2.